The Morgan fingerprint density at radius 1 is 1.23 bits per heavy atom. The van der Waals surface area contributed by atoms with Crippen molar-refractivity contribution in [3.63, 3.8) is 0 Å². The van der Waals surface area contributed by atoms with Crippen molar-refractivity contribution in [3.8, 4) is 0 Å². The van der Waals surface area contributed by atoms with E-state index in [1.807, 2.05) is 12.3 Å². The lowest BCUT2D eigenvalue weighted by Gasteiger charge is -2.16. The molecule has 2 N–H and O–H groups in total. The summed E-state index contributed by atoms with van der Waals surface area (Å²) >= 11 is 2.53. The monoisotopic (exact) mass is 337 g/mol. The van der Waals surface area contributed by atoms with Crippen molar-refractivity contribution in [3.05, 3.63) is 45.2 Å². The first-order valence-corrected chi connectivity index (χ1v) is 8.03. The van der Waals surface area contributed by atoms with Gasteiger partial charge in [0.25, 0.3) is 0 Å². The summed E-state index contributed by atoms with van der Waals surface area (Å²) in [5.74, 6) is -0.257. The number of aromatic nitrogens is 4. The van der Waals surface area contributed by atoms with Gasteiger partial charge in [0.05, 0.1) is 0 Å². The van der Waals surface area contributed by atoms with Crippen molar-refractivity contribution in [1.29, 1.82) is 0 Å². The zero-order chi connectivity index (χ0) is 15.7. The van der Waals surface area contributed by atoms with Crippen LogP contribution in [0.1, 0.15) is 22.6 Å². The van der Waals surface area contributed by atoms with Crippen molar-refractivity contribution in [2.24, 2.45) is 0 Å². The normalized spacial score (nSPS) is 13.8. The van der Waals surface area contributed by atoms with E-state index in [1.54, 1.807) is 19.1 Å². The highest BCUT2D eigenvalue weighted by Crippen LogP contribution is 2.34. The zero-order valence-corrected chi connectivity index (χ0v) is 13.4. The number of hydrogen-bond acceptors (Lipinski definition) is 8. The zero-order valence-electron chi connectivity index (χ0n) is 11.7. The van der Waals surface area contributed by atoms with Crippen LogP contribution in [0.4, 0.5) is 15.3 Å². The van der Waals surface area contributed by atoms with Crippen LogP contribution in [0.25, 0.3) is 0 Å². The van der Waals surface area contributed by atoms with Gasteiger partial charge in [-0.2, -0.15) is 4.39 Å². The van der Waals surface area contributed by atoms with E-state index < -0.39 is 11.5 Å². The Morgan fingerprint density at radius 2 is 2.05 bits per heavy atom. The third-order valence-corrected chi connectivity index (χ3v) is 5.05. The number of aliphatic hydroxyl groups is 1. The van der Waals surface area contributed by atoms with Gasteiger partial charge in [0.15, 0.2) is 10.6 Å². The summed E-state index contributed by atoms with van der Waals surface area (Å²) in [7, 11) is 0. The summed E-state index contributed by atoms with van der Waals surface area (Å²) in [6, 6.07) is 4.42. The molecule has 0 aliphatic rings. The van der Waals surface area contributed by atoms with Gasteiger partial charge in [0.1, 0.15) is 10.8 Å². The van der Waals surface area contributed by atoms with Gasteiger partial charge in [-0.15, -0.1) is 21.5 Å². The van der Waals surface area contributed by atoms with E-state index in [1.165, 1.54) is 28.7 Å². The van der Waals surface area contributed by atoms with Gasteiger partial charge in [0.2, 0.25) is 11.1 Å². The molecule has 0 aromatic carbocycles. The molecule has 0 amide bonds. The van der Waals surface area contributed by atoms with E-state index >= 15 is 0 Å². The van der Waals surface area contributed by atoms with Crippen molar-refractivity contribution < 1.29 is 9.50 Å². The summed E-state index contributed by atoms with van der Waals surface area (Å²) in [4.78, 5) is 7.98. The topological polar surface area (TPSA) is 83.8 Å². The van der Waals surface area contributed by atoms with Crippen LogP contribution < -0.4 is 5.32 Å². The molecule has 3 aromatic rings. The van der Waals surface area contributed by atoms with Gasteiger partial charge in [-0.05, 0) is 26.0 Å². The minimum Gasteiger partial charge on any atom is -0.376 e. The first kappa shape index (κ1) is 14.9. The first-order valence-electron chi connectivity index (χ1n) is 6.33. The predicted octanol–water partition coefficient (Wildman–Crippen LogP) is 2.84. The molecule has 0 radical (unpaired) electrons. The second-order valence-corrected chi connectivity index (χ2v) is 6.58. The molecule has 9 heteroatoms. The van der Waals surface area contributed by atoms with E-state index in [2.05, 4.69) is 25.5 Å². The fourth-order valence-electron chi connectivity index (χ4n) is 1.73. The Kier molecular flexibility index (Phi) is 3.85. The maximum atomic E-state index is 13.1. The lowest BCUT2D eigenvalue weighted by molar-refractivity contribution is 0.101. The van der Waals surface area contributed by atoms with Crippen LogP contribution in [0.15, 0.2) is 23.6 Å². The number of rotatable bonds is 4. The Bertz CT molecular complexity index is 801. The molecular formula is C13H12FN5OS2. The molecule has 3 rings (SSSR count). The molecule has 0 spiro atoms. The van der Waals surface area contributed by atoms with Crippen LogP contribution in [-0.4, -0.2) is 25.3 Å². The van der Waals surface area contributed by atoms with Gasteiger partial charge in [-0.25, -0.2) is 9.97 Å². The number of thiazole rings is 1. The van der Waals surface area contributed by atoms with Gasteiger partial charge >= 0.3 is 0 Å². The molecule has 0 aliphatic carbocycles. The standard InChI is InChI=1S/C13H12FN5OS2/c1-7-6-21-10(15-7)13(2,20)11-18-19-12(22-11)17-9-5-3-4-8(14)16-9/h3-6,20H,1-2H3,(H,16,17,19). The fraction of sp³-hybridized carbons (Fsp3) is 0.231. The Balaban J connectivity index is 1.84. The van der Waals surface area contributed by atoms with Crippen molar-refractivity contribution in [1.82, 2.24) is 20.2 Å². The number of nitrogens with one attached hydrogen (secondary N) is 1. The van der Waals surface area contributed by atoms with Crippen molar-refractivity contribution in [2.75, 3.05) is 5.32 Å². The van der Waals surface area contributed by atoms with Crippen LogP contribution >= 0.6 is 22.7 Å². The summed E-state index contributed by atoms with van der Waals surface area (Å²) < 4.78 is 13.1. The van der Waals surface area contributed by atoms with E-state index in [0.717, 1.165) is 5.69 Å². The van der Waals surface area contributed by atoms with Crippen molar-refractivity contribution >= 4 is 33.6 Å². The number of hydrogen-bond donors (Lipinski definition) is 2. The van der Waals surface area contributed by atoms with Crippen LogP contribution in [-0.2, 0) is 5.60 Å². The van der Waals surface area contributed by atoms with Crippen LogP contribution in [0.2, 0.25) is 0 Å². The molecule has 1 unspecified atom stereocenters. The number of nitrogens with zero attached hydrogens (tertiary/aromatic N) is 4. The summed E-state index contributed by atoms with van der Waals surface area (Å²) in [5, 5.41) is 24.7. The molecule has 0 aliphatic heterocycles. The van der Waals surface area contributed by atoms with Gasteiger partial charge in [-0.1, -0.05) is 17.4 Å². The highest BCUT2D eigenvalue weighted by Gasteiger charge is 2.33. The molecule has 3 aromatic heterocycles. The smallest absolute Gasteiger partial charge is 0.214 e. The SMILES string of the molecule is Cc1csc(C(C)(O)c2nnc(Nc3cccc(F)n3)s2)n1. The molecule has 0 saturated carbocycles. The quantitative estimate of drug-likeness (QED) is 0.712. The Morgan fingerprint density at radius 3 is 2.73 bits per heavy atom. The molecule has 22 heavy (non-hydrogen) atoms. The molecular weight excluding hydrogens is 325 g/mol. The van der Waals surface area contributed by atoms with E-state index in [9.17, 15) is 9.50 Å². The van der Waals surface area contributed by atoms with Gasteiger partial charge in [0, 0.05) is 11.1 Å². The Labute approximate surface area is 133 Å². The van der Waals surface area contributed by atoms with E-state index in [0.29, 0.717) is 21.0 Å². The first-order chi connectivity index (χ1) is 10.4. The third kappa shape index (κ3) is 2.96. The summed E-state index contributed by atoms with van der Waals surface area (Å²) in [6.07, 6.45) is 0. The van der Waals surface area contributed by atoms with Crippen LogP contribution in [0.5, 0.6) is 0 Å². The predicted molar refractivity (Wildman–Crippen MR) is 82.9 cm³/mol. The molecule has 6 nitrogen and oxygen atoms in total. The second-order valence-electron chi connectivity index (χ2n) is 4.75. The number of aryl methyl sites for hydroxylation is 1. The number of halogens is 1. The molecule has 0 bridgehead atoms. The molecule has 0 fully saturated rings. The molecule has 3 heterocycles. The lowest BCUT2D eigenvalue weighted by atomic mass is 10.1. The fourth-order valence-corrected chi connectivity index (χ4v) is 3.45. The second kappa shape index (κ2) is 5.67. The number of pyridine rings is 1. The maximum Gasteiger partial charge on any atom is 0.214 e. The van der Waals surface area contributed by atoms with Crippen LogP contribution in [0.3, 0.4) is 0 Å². The van der Waals surface area contributed by atoms with E-state index in [-0.39, 0.29) is 0 Å². The van der Waals surface area contributed by atoms with E-state index in [4.69, 9.17) is 0 Å². The Hall–Kier alpha value is -1.97. The van der Waals surface area contributed by atoms with Gasteiger partial charge < -0.3 is 10.4 Å². The summed E-state index contributed by atoms with van der Waals surface area (Å²) in [6.45, 7) is 3.48. The minimum atomic E-state index is -1.31. The lowest BCUT2D eigenvalue weighted by Crippen LogP contribution is -2.22. The van der Waals surface area contributed by atoms with Crippen molar-refractivity contribution in [2.45, 2.75) is 19.4 Å². The van der Waals surface area contributed by atoms with Crippen LogP contribution in [0, 0.1) is 12.9 Å². The molecule has 1 atom stereocenters. The average Bonchev–Trinajstić information content (AvgIpc) is 3.08. The largest absolute Gasteiger partial charge is 0.376 e. The number of anilines is 2. The third-order valence-electron chi connectivity index (χ3n) is 2.83. The minimum absolute atomic E-state index is 0.326. The molecule has 0 saturated heterocycles. The maximum absolute atomic E-state index is 13.1. The average molecular weight is 337 g/mol. The summed E-state index contributed by atoms with van der Waals surface area (Å²) in [5.41, 5.74) is -0.474. The highest BCUT2D eigenvalue weighted by atomic mass is 32.1. The van der Waals surface area contributed by atoms with Gasteiger partial charge in [-0.3, -0.25) is 0 Å². The highest BCUT2D eigenvalue weighted by molar-refractivity contribution is 7.15. The molecule has 114 valence electrons.